The number of hydrogen-bond donors (Lipinski definition) is 2. The lowest BCUT2D eigenvalue weighted by atomic mass is 9.87. The van der Waals surface area contributed by atoms with E-state index in [1.807, 2.05) is 33.8 Å². The van der Waals surface area contributed by atoms with E-state index in [0.717, 1.165) is 5.56 Å². The molecule has 3 heteroatoms. The van der Waals surface area contributed by atoms with Gasteiger partial charge in [0.15, 0.2) is 0 Å². The van der Waals surface area contributed by atoms with Gasteiger partial charge in [-0.3, -0.25) is 0 Å². The Kier molecular flexibility index (Phi) is 3.44. The minimum Gasteiger partial charge on any atom is -0.506 e. The van der Waals surface area contributed by atoms with Gasteiger partial charge in [-0.2, -0.15) is 5.26 Å². The van der Waals surface area contributed by atoms with Crippen LogP contribution in [0.1, 0.15) is 26.3 Å². The Labute approximate surface area is 96.7 Å². The number of hydrogen-bond acceptors (Lipinski definition) is 3. The number of rotatable bonds is 2. The molecule has 0 fully saturated rings. The second-order valence-corrected chi connectivity index (χ2v) is 5.04. The SMILES string of the molecule is Cc1cccc(O)c1N[C@@H](C#N)C(C)(C)C. The zero-order valence-electron chi connectivity index (χ0n) is 10.2. The monoisotopic (exact) mass is 218 g/mol. The molecule has 1 atom stereocenters. The summed E-state index contributed by atoms with van der Waals surface area (Å²) in [4.78, 5) is 0. The Balaban J connectivity index is 3.01. The normalized spacial score (nSPS) is 12.9. The van der Waals surface area contributed by atoms with Crippen molar-refractivity contribution < 1.29 is 5.11 Å². The number of aromatic hydroxyl groups is 1. The number of phenolic OH excluding ortho intramolecular Hbond substituents is 1. The molecule has 0 aliphatic carbocycles. The molecule has 16 heavy (non-hydrogen) atoms. The second kappa shape index (κ2) is 4.44. The first-order chi connectivity index (χ1) is 7.36. The van der Waals surface area contributed by atoms with Gasteiger partial charge in [0.25, 0.3) is 0 Å². The average Bonchev–Trinajstić information content (AvgIpc) is 2.15. The van der Waals surface area contributed by atoms with Crippen LogP contribution in [0.3, 0.4) is 0 Å². The summed E-state index contributed by atoms with van der Waals surface area (Å²) in [5.74, 6) is 0.185. The molecule has 0 aliphatic heterocycles. The van der Waals surface area contributed by atoms with Gasteiger partial charge < -0.3 is 10.4 Å². The van der Waals surface area contributed by atoms with Crippen LogP contribution in [0.25, 0.3) is 0 Å². The van der Waals surface area contributed by atoms with Crippen LogP contribution in [-0.4, -0.2) is 11.1 Å². The first-order valence-corrected chi connectivity index (χ1v) is 5.31. The van der Waals surface area contributed by atoms with Crippen LogP contribution < -0.4 is 5.32 Å². The van der Waals surface area contributed by atoms with Gasteiger partial charge in [0.1, 0.15) is 11.8 Å². The predicted molar refractivity (Wildman–Crippen MR) is 65.3 cm³/mol. The van der Waals surface area contributed by atoms with E-state index in [-0.39, 0.29) is 17.2 Å². The highest BCUT2D eigenvalue weighted by molar-refractivity contribution is 5.62. The van der Waals surface area contributed by atoms with Crippen molar-refractivity contribution in [3.05, 3.63) is 23.8 Å². The van der Waals surface area contributed by atoms with E-state index in [4.69, 9.17) is 5.26 Å². The maximum Gasteiger partial charge on any atom is 0.138 e. The molecule has 3 nitrogen and oxygen atoms in total. The number of anilines is 1. The topological polar surface area (TPSA) is 56.0 Å². The summed E-state index contributed by atoms with van der Waals surface area (Å²) in [7, 11) is 0. The summed E-state index contributed by atoms with van der Waals surface area (Å²) >= 11 is 0. The highest BCUT2D eigenvalue weighted by atomic mass is 16.3. The Morgan fingerprint density at radius 3 is 2.44 bits per heavy atom. The van der Waals surface area contributed by atoms with E-state index in [1.54, 1.807) is 12.1 Å². The lowest BCUT2D eigenvalue weighted by molar-refractivity contribution is 0.388. The Morgan fingerprint density at radius 1 is 1.38 bits per heavy atom. The first kappa shape index (κ1) is 12.4. The molecule has 0 aliphatic rings. The van der Waals surface area contributed by atoms with Crippen LogP contribution in [-0.2, 0) is 0 Å². The number of nitrogens with zero attached hydrogens (tertiary/aromatic N) is 1. The van der Waals surface area contributed by atoms with Crippen LogP contribution in [0.15, 0.2) is 18.2 Å². The second-order valence-electron chi connectivity index (χ2n) is 5.04. The summed E-state index contributed by atoms with van der Waals surface area (Å²) in [5.41, 5.74) is 1.40. The quantitative estimate of drug-likeness (QED) is 0.750. The molecule has 1 rings (SSSR count). The highest BCUT2D eigenvalue weighted by Crippen LogP contribution is 2.30. The van der Waals surface area contributed by atoms with E-state index in [1.165, 1.54) is 0 Å². The molecule has 0 saturated heterocycles. The summed E-state index contributed by atoms with van der Waals surface area (Å²) in [6.45, 7) is 7.87. The molecular weight excluding hydrogens is 200 g/mol. The van der Waals surface area contributed by atoms with Gasteiger partial charge in [-0.25, -0.2) is 0 Å². The molecular formula is C13H18N2O. The van der Waals surface area contributed by atoms with Crippen molar-refractivity contribution in [3.63, 3.8) is 0 Å². The maximum atomic E-state index is 9.73. The van der Waals surface area contributed by atoms with Gasteiger partial charge in [0, 0.05) is 0 Å². The number of benzene rings is 1. The number of nitrogens with one attached hydrogen (secondary N) is 1. The van der Waals surface area contributed by atoms with Crippen LogP contribution in [0.5, 0.6) is 5.75 Å². The first-order valence-electron chi connectivity index (χ1n) is 5.31. The largest absolute Gasteiger partial charge is 0.506 e. The van der Waals surface area contributed by atoms with Crippen molar-refractivity contribution >= 4 is 5.69 Å². The molecule has 86 valence electrons. The fourth-order valence-electron chi connectivity index (χ4n) is 1.43. The molecule has 1 aromatic carbocycles. The third kappa shape index (κ3) is 2.66. The molecule has 0 bridgehead atoms. The van der Waals surface area contributed by atoms with Crippen molar-refractivity contribution in [2.24, 2.45) is 5.41 Å². The summed E-state index contributed by atoms with van der Waals surface area (Å²) in [5, 5.41) is 21.9. The lowest BCUT2D eigenvalue weighted by Gasteiger charge is -2.27. The molecule has 0 saturated carbocycles. The van der Waals surface area contributed by atoms with Gasteiger partial charge in [-0.1, -0.05) is 32.9 Å². The molecule has 0 aromatic heterocycles. The average molecular weight is 218 g/mol. The van der Waals surface area contributed by atoms with Crippen molar-refractivity contribution in [2.45, 2.75) is 33.7 Å². The van der Waals surface area contributed by atoms with Gasteiger partial charge in [-0.05, 0) is 24.0 Å². The van der Waals surface area contributed by atoms with Crippen molar-refractivity contribution in [1.82, 2.24) is 0 Å². The summed E-state index contributed by atoms with van der Waals surface area (Å²) < 4.78 is 0. The van der Waals surface area contributed by atoms with Gasteiger partial charge in [0.05, 0.1) is 11.8 Å². The maximum absolute atomic E-state index is 9.73. The van der Waals surface area contributed by atoms with E-state index >= 15 is 0 Å². The molecule has 0 spiro atoms. The van der Waals surface area contributed by atoms with Crippen molar-refractivity contribution in [3.8, 4) is 11.8 Å². The molecule has 0 unspecified atom stereocenters. The minimum absolute atomic E-state index is 0.177. The van der Waals surface area contributed by atoms with E-state index in [9.17, 15) is 5.11 Å². The third-order valence-electron chi connectivity index (χ3n) is 2.53. The zero-order chi connectivity index (χ0) is 12.3. The highest BCUT2D eigenvalue weighted by Gasteiger charge is 2.25. The van der Waals surface area contributed by atoms with E-state index in [2.05, 4.69) is 11.4 Å². The number of para-hydroxylation sites is 1. The van der Waals surface area contributed by atoms with Gasteiger partial charge in [0.2, 0.25) is 0 Å². The fraction of sp³-hybridized carbons (Fsp3) is 0.462. The van der Waals surface area contributed by atoms with Gasteiger partial charge >= 0.3 is 0 Å². The molecule has 0 heterocycles. The standard InChI is InChI=1S/C13H18N2O/c1-9-6-5-7-10(16)12(9)15-11(8-14)13(2,3)4/h5-7,11,15-16H,1-4H3/t11-/m0/s1. The number of aryl methyl sites for hydroxylation is 1. The van der Waals surface area contributed by atoms with Crippen LogP contribution in [0.2, 0.25) is 0 Å². The molecule has 0 amide bonds. The molecule has 0 radical (unpaired) electrons. The summed E-state index contributed by atoms with van der Waals surface area (Å²) in [6.07, 6.45) is 0. The summed E-state index contributed by atoms with van der Waals surface area (Å²) in [6, 6.07) is 7.19. The van der Waals surface area contributed by atoms with Crippen LogP contribution >= 0.6 is 0 Å². The Morgan fingerprint density at radius 2 is 2.00 bits per heavy atom. The smallest absolute Gasteiger partial charge is 0.138 e. The predicted octanol–water partition coefficient (Wildman–Crippen LogP) is 3.05. The van der Waals surface area contributed by atoms with Crippen molar-refractivity contribution in [2.75, 3.05) is 5.32 Å². The number of phenols is 1. The minimum atomic E-state index is -0.334. The number of nitriles is 1. The van der Waals surface area contributed by atoms with Crippen LogP contribution in [0.4, 0.5) is 5.69 Å². The Hall–Kier alpha value is -1.69. The van der Waals surface area contributed by atoms with E-state index < -0.39 is 0 Å². The third-order valence-corrected chi connectivity index (χ3v) is 2.53. The van der Waals surface area contributed by atoms with Gasteiger partial charge in [-0.15, -0.1) is 0 Å². The van der Waals surface area contributed by atoms with E-state index in [0.29, 0.717) is 5.69 Å². The van der Waals surface area contributed by atoms with Crippen molar-refractivity contribution in [1.29, 1.82) is 5.26 Å². The Bertz CT molecular complexity index is 393. The molecule has 2 N–H and O–H groups in total. The van der Waals surface area contributed by atoms with Crippen LogP contribution in [0, 0.1) is 23.7 Å². The zero-order valence-corrected chi connectivity index (χ0v) is 10.2. The lowest BCUT2D eigenvalue weighted by Crippen LogP contribution is -2.32. The molecule has 1 aromatic rings. The fourth-order valence-corrected chi connectivity index (χ4v) is 1.43.